The molecule has 0 N–H and O–H groups in total. The summed E-state index contributed by atoms with van der Waals surface area (Å²) in [6, 6.07) is 0. The summed E-state index contributed by atoms with van der Waals surface area (Å²) in [5.74, 6) is 0.783. The first-order valence-corrected chi connectivity index (χ1v) is 5.93. The lowest BCUT2D eigenvalue weighted by Gasteiger charge is -2.02. The van der Waals surface area contributed by atoms with E-state index in [1.54, 1.807) is 11.8 Å². The Labute approximate surface area is 86.2 Å². The second kappa shape index (κ2) is 8.39. The van der Waals surface area contributed by atoms with Crippen molar-refractivity contribution in [3.05, 3.63) is 23.8 Å². The van der Waals surface area contributed by atoms with Crippen LogP contribution in [0.4, 0.5) is 0 Å². The Morgan fingerprint density at radius 1 is 1.46 bits per heavy atom. The third-order valence-corrected chi connectivity index (χ3v) is 2.00. The van der Waals surface area contributed by atoms with Crippen molar-refractivity contribution in [2.24, 2.45) is 0 Å². The van der Waals surface area contributed by atoms with Gasteiger partial charge in [0.1, 0.15) is 0 Å². The minimum atomic E-state index is 0.761. The summed E-state index contributed by atoms with van der Waals surface area (Å²) in [6.07, 6.45) is 6.44. The first-order chi connectivity index (χ1) is 6.16. The van der Waals surface area contributed by atoms with Gasteiger partial charge in [-0.25, -0.2) is 0 Å². The van der Waals surface area contributed by atoms with E-state index in [2.05, 4.69) is 26.5 Å². The van der Waals surface area contributed by atoms with E-state index < -0.39 is 0 Å². The van der Waals surface area contributed by atoms with E-state index in [1.807, 2.05) is 6.26 Å². The highest BCUT2D eigenvalue weighted by Crippen LogP contribution is 2.05. The predicted molar refractivity (Wildman–Crippen MR) is 62.1 cm³/mol. The van der Waals surface area contributed by atoms with Crippen molar-refractivity contribution in [2.45, 2.75) is 26.7 Å². The Morgan fingerprint density at radius 2 is 2.15 bits per heavy atom. The average Bonchev–Trinajstić information content (AvgIpc) is 2.04. The summed E-state index contributed by atoms with van der Waals surface area (Å²) in [7, 11) is 0. The summed E-state index contributed by atoms with van der Waals surface area (Å²) in [5, 5.41) is 0. The molecular weight excluding hydrogens is 180 g/mol. The van der Waals surface area contributed by atoms with Gasteiger partial charge in [0, 0.05) is 0 Å². The zero-order chi connectivity index (χ0) is 10.1. The molecule has 76 valence electrons. The van der Waals surface area contributed by atoms with Gasteiger partial charge in [-0.15, -0.1) is 18.3 Å². The first-order valence-electron chi connectivity index (χ1n) is 4.53. The van der Waals surface area contributed by atoms with Gasteiger partial charge in [-0.05, 0) is 32.9 Å². The minimum absolute atomic E-state index is 0.761. The molecule has 0 bridgehead atoms. The molecule has 0 amide bonds. The number of rotatable bonds is 7. The molecule has 0 fully saturated rings. The number of hydrogen-bond donors (Lipinski definition) is 0. The lowest BCUT2D eigenvalue weighted by Crippen LogP contribution is -1.94. The fraction of sp³-hybridized carbons (Fsp3) is 0.636. The molecule has 0 aromatic carbocycles. The van der Waals surface area contributed by atoms with E-state index in [0.29, 0.717) is 0 Å². The van der Waals surface area contributed by atoms with Gasteiger partial charge in [-0.3, -0.25) is 0 Å². The van der Waals surface area contributed by atoms with Crippen LogP contribution in [0.15, 0.2) is 23.8 Å². The van der Waals surface area contributed by atoms with Gasteiger partial charge < -0.3 is 4.74 Å². The first kappa shape index (κ1) is 12.8. The molecule has 0 saturated heterocycles. The maximum absolute atomic E-state index is 5.37. The lowest BCUT2D eigenvalue weighted by atomic mass is 10.1. The number of ether oxygens (including phenoxy) is 1. The number of thioether (sulfide) groups is 1. The van der Waals surface area contributed by atoms with Crippen LogP contribution < -0.4 is 0 Å². The highest BCUT2D eigenvalue weighted by Gasteiger charge is 1.90. The maximum atomic E-state index is 5.37. The molecule has 0 aliphatic carbocycles. The van der Waals surface area contributed by atoms with E-state index in [0.717, 1.165) is 25.4 Å². The SMILES string of the molecule is C=C(C)CC/C=C(\C)COCSC. The van der Waals surface area contributed by atoms with Crippen LogP contribution in [0, 0.1) is 0 Å². The Hall–Kier alpha value is -0.210. The molecule has 0 aliphatic rings. The second-order valence-electron chi connectivity index (χ2n) is 3.30. The summed E-state index contributed by atoms with van der Waals surface area (Å²) >= 11 is 1.71. The Kier molecular flexibility index (Phi) is 8.26. The number of allylic oxidation sites excluding steroid dienone is 2. The highest BCUT2D eigenvalue weighted by molar-refractivity contribution is 7.98. The monoisotopic (exact) mass is 200 g/mol. The van der Waals surface area contributed by atoms with E-state index in [1.165, 1.54) is 11.1 Å². The molecule has 0 atom stereocenters. The summed E-state index contributed by atoms with van der Waals surface area (Å²) in [4.78, 5) is 0. The minimum Gasteiger partial charge on any atom is -0.367 e. The van der Waals surface area contributed by atoms with Crippen molar-refractivity contribution in [2.75, 3.05) is 18.8 Å². The van der Waals surface area contributed by atoms with Crippen molar-refractivity contribution in [3.8, 4) is 0 Å². The molecule has 13 heavy (non-hydrogen) atoms. The molecule has 2 heteroatoms. The van der Waals surface area contributed by atoms with Crippen molar-refractivity contribution in [3.63, 3.8) is 0 Å². The molecule has 0 aromatic heterocycles. The fourth-order valence-corrected chi connectivity index (χ4v) is 1.16. The quantitative estimate of drug-likeness (QED) is 0.352. The molecule has 1 nitrogen and oxygen atoms in total. The van der Waals surface area contributed by atoms with Crippen LogP contribution in [0.25, 0.3) is 0 Å². The Morgan fingerprint density at radius 3 is 2.69 bits per heavy atom. The third kappa shape index (κ3) is 9.71. The second-order valence-corrected chi connectivity index (χ2v) is 4.11. The van der Waals surface area contributed by atoms with Crippen molar-refractivity contribution < 1.29 is 4.74 Å². The van der Waals surface area contributed by atoms with Gasteiger partial charge in [0.15, 0.2) is 0 Å². The van der Waals surface area contributed by atoms with Crippen LogP contribution in [-0.4, -0.2) is 18.8 Å². The van der Waals surface area contributed by atoms with Crippen molar-refractivity contribution >= 4 is 11.8 Å². The maximum Gasteiger partial charge on any atom is 0.0922 e. The van der Waals surface area contributed by atoms with Crippen LogP contribution in [0.2, 0.25) is 0 Å². The van der Waals surface area contributed by atoms with E-state index in [-0.39, 0.29) is 0 Å². The normalized spacial score (nSPS) is 11.8. The fourth-order valence-electron chi connectivity index (χ4n) is 0.910. The third-order valence-electron chi connectivity index (χ3n) is 1.59. The van der Waals surface area contributed by atoms with Crippen molar-refractivity contribution in [1.29, 1.82) is 0 Å². The zero-order valence-corrected chi connectivity index (χ0v) is 9.75. The summed E-state index contributed by atoms with van der Waals surface area (Å²) in [5.41, 5.74) is 2.56. The van der Waals surface area contributed by atoms with Gasteiger partial charge in [-0.1, -0.05) is 17.2 Å². The van der Waals surface area contributed by atoms with E-state index in [9.17, 15) is 0 Å². The van der Waals surface area contributed by atoms with Crippen LogP contribution in [0.1, 0.15) is 26.7 Å². The van der Waals surface area contributed by atoms with Gasteiger partial charge >= 0.3 is 0 Å². The molecular formula is C11H20OS. The van der Waals surface area contributed by atoms with Gasteiger partial charge in [-0.2, -0.15) is 0 Å². The zero-order valence-electron chi connectivity index (χ0n) is 8.93. The Bertz CT molecular complexity index is 173. The van der Waals surface area contributed by atoms with E-state index >= 15 is 0 Å². The molecule has 0 rings (SSSR count). The van der Waals surface area contributed by atoms with Gasteiger partial charge in [0.2, 0.25) is 0 Å². The van der Waals surface area contributed by atoms with Gasteiger partial charge in [0.05, 0.1) is 12.5 Å². The van der Waals surface area contributed by atoms with Crippen LogP contribution in [0.5, 0.6) is 0 Å². The standard InChI is InChI=1S/C11H20OS/c1-10(2)6-5-7-11(3)8-12-9-13-4/h7H,1,5-6,8-9H2,2-4H3/b11-7+. The topological polar surface area (TPSA) is 9.23 Å². The van der Waals surface area contributed by atoms with Gasteiger partial charge in [0.25, 0.3) is 0 Å². The van der Waals surface area contributed by atoms with E-state index in [4.69, 9.17) is 4.74 Å². The van der Waals surface area contributed by atoms with Crippen molar-refractivity contribution in [1.82, 2.24) is 0 Å². The highest BCUT2D eigenvalue weighted by atomic mass is 32.2. The molecule has 0 spiro atoms. The molecule has 0 unspecified atom stereocenters. The van der Waals surface area contributed by atoms with Crippen LogP contribution in [0.3, 0.4) is 0 Å². The average molecular weight is 200 g/mol. The molecule has 0 aromatic rings. The Balaban J connectivity index is 3.45. The molecule has 0 heterocycles. The summed E-state index contributed by atoms with van der Waals surface area (Å²) in [6.45, 7) is 8.80. The largest absolute Gasteiger partial charge is 0.367 e. The molecule has 0 saturated carbocycles. The molecule has 0 aliphatic heterocycles. The smallest absolute Gasteiger partial charge is 0.0922 e. The number of hydrogen-bond acceptors (Lipinski definition) is 2. The summed E-state index contributed by atoms with van der Waals surface area (Å²) < 4.78 is 5.37. The van der Waals surface area contributed by atoms with Crippen LogP contribution in [-0.2, 0) is 4.74 Å². The molecule has 0 radical (unpaired) electrons. The predicted octanol–water partition coefficient (Wildman–Crippen LogP) is 3.63. The van der Waals surface area contributed by atoms with Crippen LogP contribution >= 0.6 is 11.8 Å². The lowest BCUT2D eigenvalue weighted by molar-refractivity contribution is 0.209.